The molecule has 0 spiro atoms. The Kier molecular flexibility index (Phi) is 15.7. The Labute approximate surface area is 142 Å². The van der Waals surface area contributed by atoms with Crippen molar-refractivity contribution in [3.8, 4) is 0 Å². The molecule has 0 radical (unpaired) electrons. The predicted molar refractivity (Wildman–Crippen MR) is 104 cm³/mol. The van der Waals surface area contributed by atoms with Crippen LogP contribution in [0.25, 0.3) is 0 Å². The van der Waals surface area contributed by atoms with Crippen LogP contribution in [0.2, 0.25) is 18.1 Å². The molecule has 0 unspecified atom stereocenters. The smallest absolute Gasteiger partial charge is 0.193 e. The van der Waals surface area contributed by atoms with Crippen LogP contribution >= 0.6 is 0 Å². The van der Waals surface area contributed by atoms with Crippen molar-refractivity contribution in [3.63, 3.8) is 0 Å². The normalized spacial score (nSPS) is 12.4. The molecule has 0 fully saturated rings. The minimum absolute atomic E-state index is 0.863. The van der Waals surface area contributed by atoms with Gasteiger partial charge in [0.1, 0.15) is 0 Å². The second-order valence-electron chi connectivity index (χ2n) is 6.77. The third-order valence-electron chi connectivity index (χ3n) is 4.49. The molecule has 0 rings (SSSR count). The van der Waals surface area contributed by atoms with Crippen molar-refractivity contribution < 1.29 is 4.43 Å². The van der Waals surface area contributed by atoms with E-state index in [0.29, 0.717) is 0 Å². The topological polar surface area (TPSA) is 9.23 Å². The third-order valence-corrected chi connectivity index (χ3v) is 9.51. The Balaban J connectivity index is 3.88. The summed E-state index contributed by atoms with van der Waals surface area (Å²) in [7, 11) is -1.44. The fourth-order valence-corrected chi connectivity index (χ4v) is 7.78. The van der Waals surface area contributed by atoms with E-state index >= 15 is 0 Å². The third kappa shape index (κ3) is 11.5. The highest BCUT2D eigenvalue weighted by molar-refractivity contribution is 6.73. The molecule has 0 aliphatic rings. The van der Waals surface area contributed by atoms with Gasteiger partial charge in [-0.25, -0.2) is 0 Å². The first-order valence-corrected chi connectivity index (χ1v) is 12.6. The van der Waals surface area contributed by atoms with Gasteiger partial charge < -0.3 is 4.43 Å². The maximum Gasteiger partial charge on any atom is 0.193 e. The summed E-state index contributed by atoms with van der Waals surface area (Å²) in [5.74, 6) is 0. The first-order chi connectivity index (χ1) is 10.7. The second-order valence-corrected chi connectivity index (χ2v) is 10.9. The zero-order valence-corrected chi connectivity index (χ0v) is 17.0. The van der Waals surface area contributed by atoms with Gasteiger partial charge in [0, 0.05) is 0 Å². The van der Waals surface area contributed by atoms with E-state index in [1.807, 2.05) is 0 Å². The molecule has 0 aliphatic heterocycles. The zero-order valence-electron chi connectivity index (χ0n) is 16.0. The molecular formula is C20H42OSi. The maximum atomic E-state index is 6.46. The first kappa shape index (κ1) is 21.9. The van der Waals surface area contributed by atoms with Crippen molar-refractivity contribution in [2.24, 2.45) is 0 Å². The van der Waals surface area contributed by atoms with E-state index in [1.54, 1.807) is 0 Å². The van der Waals surface area contributed by atoms with E-state index in [9.17, 15) is 0 Å². The molecule has 0 saturated carbocycles. The van der Waals surface area contributed by atoms with Crippen LogP contribution in [-0.2, 0) is 4.43 Å². The lowest BCUT2D eigenvalue weighted by Crippen LogP contribution is -2.37. The van der Waals surface area contributed by atoms with Gasteiger partial charge in [-0.1, -0.05) is 91.2 Å². The number of allylic oxidation sites excluding steroid dienone is 1. The van der Waals surface area contributed by atoms with Gasteiger partial charge in [0.05, 0.1) is 6.61 Å². The van der Waals surface area contributed by atoms with E-state index in [4.69, 9.17) is 4.43 Å². The Morgan fingerprint density at radius 2 is 1.18 bits per heavy atom. The van der Waals surface area contributed by atoms with Gasteiger partial charge in [0.15, 0.2) is 8.32 Å². The van der Waals surface area contributed by atoms with Gasteiger partial charge in [-0.2, -0.15) is 0 Å². The zero-order chi connectivity index (χ0) is 16.5. The van der Waals surface area contributed by atoms with E-state index in [-0.39, 0.29) is 0 Å². The number of hydrogen-bond acceptors (Lipinski definition) is 1. The highest BCUT2D eigenvalue weighted by atomic mass is 28.4. The monoisotopic (exact) mass is 326 g/mol. The van der Waals surface area contributed by atoms with Gasteiger partial charge in [-0.3, -0.25) is 0 Å². The molecule has 22 heavy (non-hydrogen) atoms. The van der Waals surface area contributed by atoms with Gasteiger partial charge in [-0.05, 0) is 31.0 Å². The highest BCUT2D eigenvalue weighted by Crippen LogP contribution is 2.27. The summed E-state index contributed by atoms with van der Waals surface area (Å²) in [6.45, 7) is 10.1. The van der Waals surface area contributed by atoms with Gasteiger partial charge in [0.25, 0.3) is 0 Å². The first-order valence-electron chi connectivity index (χ1n) is 10.0. The van der Waals surface area contributed by atoms with Crippen molar-refractivity contribution in [3.05, 3.63) is 12.2 Å². The fourth-order valence-electron chi connectivity index (χ4n) is 3.41. The Bertz CT molecular complexity index is 233. The van der Waals surface area contributed by atoms with Crippen LogP contribution in [0.4, 0.5) is 0 Å². The summed E-state index contributed by atoms with van der Waals surface area (Å²) in [6, 6.07) is 4.04. The Hall–Kier alpha value is -0.0831. The van der Waals surface area contributed by atoms with Crippen molar-refractivity contribution >= 4 is 8.32 Å². The molecule has 0 bridgehead atoms. The molecule has 0 aromatic heterocycles. The van der Waals surface area contributed by atoms with Crippen molar-refractivity contribution in [2.75, 3.05) is 6.61 Å². The minimum Gasteiger partial charge on any atom is -0.413 e. The highest BCUT2D eigenvalue weighted by Gasteiger charge is 2.31. The molecule has 0 saturated heterocycles. The van der Waals surface area contributed by atoms with Gasteiger partial charge in [0.2, 0.25) is 0 Å². The van der Waals surface area contributed by atoms with E-state index < -0.39 is 8.32 Å². The lowest BCUT2D eigenvalue weighted by Gasteiger charge is -2.30. The van der Waals surface area contributed by atoms with Crippen LogP contribution in [0, 0.1) is 0 Å². The molecule has 0 atom stereocenters. The molecule has 0 aromatic carbocycles. The predicted octanol–water partition coefficient (Wildman–Crippen LogP) is 7.49. The van der Waals surface area contributed by atoms with Crippen LogP contribution in [-0.4, -0.2) is 14.9 Å². The summed E-state index contributed by atoms with van der Waals surface area (Å²) in [5, 5.41) is 0. The van der Waals surface area contributed by atoms with Gasteiger partial charge in [-0.15, -0.1) is 0 Å². The molecule has 0 aliphatic carbocycles. The van der Waals surface area contributed by atoms with Crippen LogP contribution < -0.4 is 0 Å². The Morgan fingerprint density at radius 1 is 0.636 bits per heavy atom. The molecule has 132 valence electrons. The second kappa shape index (κ2) is 15.8. The van der Waals surface area contributed by atoms with Crippen molar-refractivity contribution in [2.45, 2.75) is 110 Å². The quantitative estimate of drug-likeness (QED) is 0.162. The number of unbranched alkanes of at least 4 members (excludes halogenated alkanes) is 6. The molecular weight excluding hydrogens is 284 g/mol. The lowest BCUT2D eigenvalue weighted by molar-refractivity contribution is 0.337. The average molecular weight is 327 g/mol. The molecule has 0 aromatic rings. The molecule has 2 heteroatoms. The van der Waals surface area contributed by atoms with Crippen molar-refractivity contribution in [1.82, 2.24) is 0 Å². The summed E-state index contributed by atoms with van der Waals surface area (Å²) in [4.78, 5) is 0. The standard InChI is InChI=1S/C20H42OSi/c1-5-9-10-11-12-13-14-15-16-17-21-22(18-6-2,19-7-3)20-8-4/h15-16H,5-14,17-20H2,1-4H3/b16-15+. The van der Waals surface area contributed by atoms with E-state index in [2.05, 4.69) is 39.8 Å². The van der Waals surface area contributed by atoms with E-state index in [0.717, 1.165) is 6.61 Å². The van der Waals surface area contributed by atoms with Crippen LogP contribution in [0.15, 0.2) is 12.2 Å². The summed E-state index contributed by atoms with van der Waals surface area (Å²) < 4.78 is 6.46. The number of rotatable bonds is 16. The Morgan fingerprint density at radius 3 is 1.73 bits per heavy atom. The minimum atomic E-state index is -1.44. The lowest BCUT2D eigenvalue weighted by atomic mass is 10.1. The molecule has 0 amide bonds. The molecule has 0 N–H and O–H groups in total. The van der Waals surface area contributed by atoms with Gasteiger partial charge >= 0.3 is 0 Å². The van der Waals surface area contributed by atoms with Crippen molar-refractivity contribution in [1.29, 1.82) is 0 Å². The largest absolute Gasteiger partial charge is 0.413 e. The molecule has 1 nitrogen and oxygen atoms in total. The summed E-state index contributed by atoms with van der Waals surface area (Å²) in [6.07, 6.45) is 18.1. The number of hydrogen-bond donors (Lipinski definition) is 0. The van der Waals surface area contributed by atoms with Crippen LogP contribution in [0.1, 0.15) is 91.9 Å². The molecule has 0 heterocycles. The summed E-state index contributed by atoms with van der Waals surface area (Å²) in [5.41, 5.74) is 0. The van der Waals surface area contributed by atoms with E-state index in [1.165, 1.54) is 82.3 Å². The van der Waals surface area contributed by atoms with Crippen LogP contribution in [0.3, 0.4) is 0 Å². The fraction of sp³-hybridized carbons (Fsp3) is 0.900. The average Bonchev–Trinajstić information content (AvgIpc) is 2.50. The SMILES string of the molecule is CCCCCCCC/C=C/CO[Si](CCC)(CCC)CCC. The van der Waals surface area contributed by atoms with Crippen LogP contribution in [0.5, 0.6) is 0 Å². The summed E-state index contributed by atoms with van der Waals surface area (Å²) >= 11 is 0. The maximum absolute atomic E-state index is 6.46.